The SMILES string of the molecule is COC(=O)c1cc(CN(C)C(=O)c2ccc(F)c(C(F)(F)F)c2)oc1C. The number of nitrogens with zero attached hydrogens (tertiary/aromatic N) is 1. The normalized spacial score (nSPS) is 11.3. The van der Waals surface area contributed by atoms with Crippen LogP contribution in [0.2, 0.25) is 0 Å². The first-order valence-electron chi connectivity index (χ1n) is 7.34. The van der Waals surface area contributed by atoms with Gasteiger partial charge >= 0.3 is 12.1 Å². The Balaban J connectivity index is 2.22. The second kappa shape index (κ2) is 7.19. The standard InChI is InChI=1S/C17H15F4NO4/c1-9-12(16(24)25-3)7-11(26-9)8-22(2)15(23)10-4-5-14(18)13(6-10)17(19,20)21/h4-7H,8H2,1-3H3. The molecule has 9 heteroatoms. The molecule has 0 aliphatic heterocycles. The third kappa shape index (κ3) is 4.04. The minimum atomic E-state index is -4.91. The van der Waals surface area contributed by atoms with Crippen molar-refractivity contribution in [2.45, 2.75) is 19.6 Å². The maximum absolute atomic E-state index is 13.3. The Hall–Kier alpha value is -2.84. The van der Waals surface area contributed by atoms with E-state index in [0.29, 0.717) is 12.1 Å². The van der Waals surface area contributed by atoms with E-state index in [1.165, 1.54) is 27.1 Å². The number of hydrogen-bond donors (Lipinski definition) is 0. The summed E-state index contributed by atoms with van der Waals surface area (Å²) in [7, 11) is 2.55. The number of aryl methyl sites for hydroxylation is 1. The lowest BCUT2D eigenvalue weighted by Crippen LogP contribution is -2.26. The number of hydrogen-bond acceptors (Lipinski definition) is 4. The highest BCUT2D eigenvalue weighted by Gasteiger charge is 2.35. The molecule has 1 aromatic heterocycles. The number of carbonyl (C=O) groups is 2. The van der Waals surface area contributed by atoms with E-state index in [1.54, 1.807) is 0 Å². The molecular weight excluding hydrogens is 358 g/mol. The molecule has 1 amide bonds. The topological polar surface area (TPSA) is 59.8 Å². The van der Waals surface area contributed by atoms with Crippen molar-refractivity contribution in [1.82, 2.24) is 4.90 Å². The monoisotopic (exact) mass is 373 g/mol. The lowest BCUT2D eigenvalue weighted by Gasteiger charge is -2.17. The van der Waals surface area contributed by atoms with Gasteiger partial charge in [0.2, 0.25) is 0 Å². The third-order valence-electron chi connectivity index (χ3n) is 3.63. The predicted octanol–water partition coefficient (Wildman–Crippen LogP) is 3.80. The molecule has 0 unspecified atom stereocenters. The number of amides is 1. The van der Waals surface area contributed by atoms with Crippen molar-refractivity contribution in [2.24, 2.45) is 0 Å². The summed E-state index contributed by atoms with van der Waals surface area (Å²) in [6, 6.07) is 3.41. The Morgan fingerprint density at radius 2 is 1.88 bits per heavy atom. The highest BCUT2D eigenvalue weighted by molar-refractivity contribution is 5.94. The van der Waals surface area contributed by atoms with Gasteiger partial charge in [-0.25, -0.2) is 9.18 Å². The minimum Gasteiger partial charge on any atom is -0.465 e. The molecule has 0 radical (unpaired) electrons. The van der Waals surface area contributed by atoms with Crippen LogP contribution in [0.15, 0.2) is 28.7 Å². The van der Waals surface area contributed by atoms with Crippen LogP contribution in [0, 0.1) is 12.7 Å². The van der Waals surface area contributed by atoms with Crippen LogP contribution in [0.4, 0.5) is 17.6 Å². The van der Waals surface area contributed by atoms with Crippen molar-refractivity contribution in [3.63, 3.8) is 0 Å². The summed E-state index contributed by atoms with van der Waals surface area (Å²) < 4.78 is 61.6. The van der Waals surface area contributed by atoms with Crippen molar-refractivity contribution in [3.8, 4) is 0 Å². The summed E-state index contributed by atoms with van der Waals surface area (Å²) in [6.07, 6.45) is -4.91. The number of furan rings is 1. The smallest absolute Gasteiger partial charge is 0.419 e. The van der Waals surface area contributed by atoms with E-state index in [0.717, 1.165) is 11.0 Å². The molecule has 0 spiro atoms. The molecule has 0 N–H and O–H groups in total. The maximum Gasteiger partial charge on any atom is 0.419 e. The van der Waals surface area contributed by atoms with Crippen LogP contribution in [0.25, 0.3) is 0 Å². The Labute approximate surface area is 146 Å². The van der Waals surface area contributed by atoms with Crippen LogP contribution in [-0.2, 0) is 17.5 Å². The summed E-state index contributed by atoms with van der Waals surface area (Å²) in [6.45, 7) is 1.43. The molecule has 2 aromatic rings. The molecule has 1 heterocycles. The molecule has 2 rings (SSSR count). The van der Waals surface area contributed by atoms with Gasteiger partial charge in [0.1, 0.15) is 22.9 Å². The van der Waals surface area contributed by atoms with Crippen molar-refractivity contribution in [3.05, 3.63) is 58.3 Å². The largest absolute Gasteiger partial charge is 0.465 e. The molecule has 5 nitrogen and oxygen atoms in total. The summed E-state index contributed by atoms with van der Waals surface area (Å²) in [5.74, 6) is -2.30. The van der Waals surface area contributed by atoms with Gasteiger partial charge < -0.3 is 14.1 Å². The number of halogens is 4. The maximum atomic E-state index is 13.3. The summed E-state index contributed by atoms with van der Waals surface area (Å²) in [4.78, 5) is 25.0. The molecule has 0 atom stereocenters. The molecule has 0 bridgehead atoms. The van der Waals surface area contributed by atoms with Gasteiger partial charge in [-0.15, -0.1) is 0 Å². The number of esters is 1. The van der Waals surface area contributed by atoms with E-state index in [4.69, 9.17) is 4.42 Å². The number of methoxy groups -OCH3 is 1. The van der Waals surface area contributed by atoms with Crippen LogP contribution in [0.5, 0.6) is 0 Å². The van der Waals surface area contributed by atoms with Crippen LogP contribution < -0.4 is 0 Å². The van der Waals surface area contributed by atoms with E-state index < -0.39 is 29.4 Å². The second-order valence-corrected chi connectivity index (χ2v) is 5.53. The van der Waals surface area contributed by atoms with Crippen molar-refractivity contribution in [1.29, 1.82) is 0 Å². The second-order valence-electron chi connectivity index (χ2n) is 5.53. The Morgan fingerprint density at radius 1 is 1.23 bits per heavy atom. The Morgan fingerprint density at radius 3 is 2.46 bits per heavy atom. The molecular formula is C17H15F4NO4. The Bertz CT molecular complexity index is 842. The van der Waals surface area contributed by atoms with Crippen molar-refractivity contribution < 1.29 is 36.3 Å². The summed E-state index contributed by atoms with van der Waals surface area (Å²) in [5.41, 5.74) is -1.65. The fourth-order valence-electron chi connectivity index (χ4n) is 2.34. The van der Waals surface area contributed by atoms with E-state index in [-0.39, 0.29) is 29.2 Å². The first-order valence-corrected chi connectivity index (χ1v) is 7.34. The van der Waals surface area contributed by atoms with Crippen LogP contribution in [0.1, 0.15) is 37.8 Å². The molecule has 0 saturated carbocycles. The number of benzene rings is 1. The van der Waals surface area contributed by atoms with Crippen LogP contribution in [0.3, 0.4) is 0 Å². The van der Waals surface area contributed by atoms with Gasteiger partial charge in [0.25, 0.3) is 5.91 Å². The van der Waals surface area contributed by atoms with E-state index in [1.807, 2.05) is 0 Å². The predicted molar refractivity (Wildman–Crippen MR) is 82.0 cm³/mol. The average Bonchev–Trinajstić information content (AvgIpc) is 2.93. The Kier molecular flexibility index (Phi) is 5.38. The zero-order valence-corrected chi connectivity index (χ0v) is 14.1. The van der Waals surface area contributed by atoms with Gasteiger partial charge in [-0.3, -0.25) is 4.79 Å². The number of ether oxygens (including phenoxy) is 1. The highest BCUT2D eigenvalue weighted by atomic mass is 19.4. The highest BCUT2D eigenvalue weighted by Crippen LogP contribution is 2.32. The van der Waals surface area contributed by atoms with Gasteiger partial charge in [-0.2, -0.15) is 13.2 Å². The molecule has 0 saturated heterocycles. The van der Waals surface area contributed by atoms with E-state index in [9.17, 15) is 27.2 Å². The van der Waals surface area contributed by atoms with Gasteiger partial charge in [-0.05, 0) is 31.2 Å². The molecule has 1 aromatic carbocycles. The molecule has 0 fully saturated rings. The minimum absolute atomic E-state index is 0.102. The van der Waals surface area contributed by atoms with E-state index >= 15 is 0 Å². The molecule has 26 heavy (non-hydrogen) atoms. The van der Waals surface area contributed by atoms with Gasteiger partial charge in [0.15, 0.2) is 0 Å². The third-order valence-corrected chi connectivity index (χ3v) is 3.63. The summed E-state index contributed by atoms with van der Waals surface area (Å²) in [5, 5.41) is 0. The molecule has 0 aliphatic carbocycles. The van der Waals surface area contributed by atoms with Crippen LogP contribution in [-0.4, -0.2) is 30.9 Å². The first kappa shape index (κ1) is 19.5. The van der Waals surface area contributed by atoms with Crippen molar-refractivity contribution in [2.75, 3.05) is 14.2 Å². The van der Waals surface area contributed by atoms with E-state index in [2.05, 4.69) is 4.74 Å². The van der Waals surface area contributed by atoms with Gasteiger partial charge in [-0.1, -0.05) is 0 Å². The number of rotatable bonds is 4. The fourth-order valence-corrected chi connectivity index (χ4v) is 2.34. The molecule has 140 valence electrons. The van der Waals surface area contributed by atoms with Crippen molar-refractivity contribution >= 4 is 11.9 Å². The fraction of sp³-hybridized carbons (Fsp3) is 0.294. The quantitative estimate of drug-likeness (QED) is 0.604. The lowest BCUT2D eigenvalue weighted by atomic mass is 10.1. The van der Waals surface area contributed by atoms with Gasteiger partial charge in [0.05, 0.1) is 19.2 Å². The lowest BCUT2D eigenvalue weighted by molar-refractivity contribution is -0.140. The first-order chi connectivity index (χ1) is 12.0. The molecule has 0 aliphatic rings. The van der Waals surface area contributed by atoms with Crippen LogP contribution >= 0.6 is 0 Å². The average molecular weight is 373 g/mol. The zero-order chi connectivity index (χ0) is 19.6. The number of alkyl halides is 3. The zero-order valence-electron chi connectivity index (χ0n) is 14.1. The van der Waals surface area contributed by atoms with Gasteiger partial charge in [0, 0.05) is 12.6 Å². The summed E-state index contributed by atoms with van der Waals surface area (Å²) >= 11 is 0. The number of carbonyl (C=O) groups excluding carboxylic acids is 2.